The van der Waals surface area contributed by atoms with E-state index < -0.39 is 17.5 Å². The number of nitrogens with zero attached hydrogens (tertiary/aromatic N) is 1. The number of ketones is 1. The number of nitrogens with two attached hydrogens (primary N) is 1. The summed E-state index contributed by atoms with van der Waals surface area (Å²) in [6, 6.07) is 7.73. The van der Waals surface area contributed by atoms with Crippen LogP contribution in [0.3, 0.4) is 0 Å². The fourth-order valence-corrected chi connectivity index (χ4v) is 2.11. The molecule has 0 amide bonds. The molecule has 20 heavy (non-hydrogen) atoms. The molecule has 0 aromatic heterocycles. The highest BCUT2D eigenvalue weighted by atomic mass is 19.4. The molecule has 0 saturated heterocycles. The van der Waals surface area contributed by atoms with Crippen LogP contribution in [-0.4, -0.2) is 26.1 Å². The average Bonchev–Trinajstić information content (AvgIpc) is 2.36. The molecule has 0 aliphatic carbocycles. The maximum atomic E-state index is 12.5. The molecule has 0 unspecified atom stereocenters. The molecule has 2 rings (SSSR count). The van der Waals surface area contributed by atoms with Crippen molar-refractivity contribution in [3.63, 3.8) is 0 Å². The molecule has 0 atom stereocenters. The highest BCUT2D eigenvalue weighted by Crippen LogP contribution is 2.34. The number of hydrogen-bond donors (Lipinski definition) is 1. The highest BCUT2D eigenvalue weighted by Gasteiger charge is 2.40. The van der Waals surface area contributed by atoms with Gasteiger partial charge >= 0.3 is 6.18 Å². The molecule has 0 spiro atoms. The standard InChI is InChI=1S/C14H13F3N2O/c1-19(2)11-5-3-4-9-8(11)6-7-10(12(9)18)13(20)14(15,16)17/h3-7H,18H2,1-2H3. The van der Waals surface area contributed by atoms with Gasteiger partial charge in [-0.05, 0) is 12.1 Å². The number of halogens is 3. The molecule has 2 aromatic carbocycles. The van der Waals surface area contributed by atoms with E-state index in [1.807, 2.05) is 25.1 Å². The molecule has 3 nitrogen and oxygen atoms in total. The number of carbonyl (C=O) groups excluding carboxylic acids is 1. The van der Waals surface area contributed by atoms with Gasteiger partial charge in [0.05, 0.1) is 11.3 Å². The van der Waals surface area contributed by atoms with E-state index >= 15 is 0 Å². The van der Waals surface area contributed by atoms with Crippen LogP contribution in [0.2, 0.25) is 0 Å². The summed E-state index contributed by atoms with van der Waals surface area (Å²) in [7, 11) is 3.64. The summed E-state index contributed by atoms with van der Waals surface area (Å²) >= 11 is 0. The number of carbonyl (C=O) groups is 1. The van der Waals surface area contributed by atoms with Crippen molar-refractivity contribution in [2.24, 2.45) is 0 Å². The van der Waals surface area contributed by atoms with Crippen LogP contribution in [0, 0.1) is 0 Å². The Morgan fingerprint density at radius 3 is 2.30 bits per heavy atom. The van der Waals surface area contributed by atoms with Crippen molar-refractivity contribution in [2.75, 3.05) is 24.7 Å². The summed E-state index contributed by atoms with van der Waals surface area (Å²) in [5, 5.41) is 1.14. The Morgan fingerprint density at radius 2 is 1.75 bits per heavy atom. The van der Waals surface area contributed by atoms with Crippen molar-refractivity contribution in [3.8, 4) is 0 Å². The Bertz CT molecular complexity index is 678. The number of fused-ring (bicyclic) bond motifs is 1. The number of alkyl halides is 3. The SMILES string of the molecule is CN(C)c1cccc2c(N)c(C(=O)C(F)(F)F)ccc12. The van der Waals surface area contributed by atoms with Crippen LogP contribution >= 0.6 is 0 Å². The van der Waals surface area contributed by atoms with Gasteiger partial charge in [-0.25, -0.2) is 0 Å². The zero-order chi connectivity index (χ0) is 15.1. The van der Waals surface area contributed by atoms with Gasteiger partial charge in [-0.1, -0.05) is 18.2 Å². The van der Waals surface area contributed by atoms with Crippen LogP contribution in [0.1, 0.15) is 10.4 Å². The number of Topliss-reactive ketones (excluding diaryl/α,β-unsaturated/α-hetero) is 1. The van der Waals surface area contributed by atoms with E-state index in [4.69, 9.17) is 5.73 Å². The van der Waals surface area contributed by atoms with Gasteiger partial charge in [0.2, 0.25) is 0 Å². The van der Waals surface area contributed by atoms with Gasteiger partial charge in [0.25, 0.3) is 5.78 Å². The normalized spacial score (nSPS) is 11.7. The first-order chi connectivity index (χ1) is 9.23. The minimum absolute atomic E-state index is 0.145. The smallest absolute Gasteiger partial charge is 0.398 e. The number of rotatable bonds is 2. The van der Waals surface area contributed by atoms with Crippen molar-refractivity contribution in [3.05, 3.63) is 35.9 Å². The Kier molecular flexibility index (Phi) is 3.33. The Hall–Kier alpha value is -2.24. The van der Waals surface area contributed by atoms with Crippen molar-refractivity contribution in [1.82, 2.24) is 0 Å². The monoisotopic (exact) mass is 282 g/mol. The summed E-state index contributed by atoms with van der Waals surface area (Å²) in [6.45, 7) is 0. The molecule has 0 fully saturated rings. The van der Waals surface area contributed by atoms with Crippen LogP contribution in [0.4, 0.5) is 24.5 Å². The summed E-state index contributed by atoms with van der Waals surface area (Å²) < 4.78 is 37.5. The predicted octanol–water partition coefficient (Wildman–Crippen LogP) is 3.23. The first-order valence-electron chi connectivity index (χ1n) is 5.83. The minimum atomic E-state index is -4.93. The van der Waals surface area contributed by atoms with E-state index in [2.05, 4.69) is 0 Å². The van der Waals surface area contributed by atoms with Crippen LogP contribution < -0.4 is 10.6 Å². The molecule has 106 valence electrons. The molecule has 0 bridgehead atoms. The van der Waals surface area contributed by atoms with Crippen molar-refractivity contribution < 1.29 is 18.0 Å². The molecule has 0 heterocycles. The molecular weight excluding hydrogens is 269 g/mol. The second kappa shape index (κ2) is 4.70. The minimum Gasteiger partial charge on any atom is -0.398 e. The van der Waals surface area contributed by atoms with Crippen LogP contribution in [-0.2, 0) is 0 Å². The molecule has 6 heteroatoms. The average molecular weight is 282 g/mol. The lowest BCUT2D eigenvalue weighted by molar-refractivity contribution is -0.0884. The van der Waals surface area contributed by atoms with Crippen molar-refractivity contribution in [1.29, 1.82) is 0 Å². The maximum absolute atomic E-state index is 12.5. The van der Waals surface area contributed by atoms with Gasteiger partial charge in [0.1, 0.15) is 0 Å². The Labute approximate surface area is 113 Å². The second-order valence-corrected chi connectivity index (χ2v) is 4.62. The van der Waals surface area contributed by atoms with Crippen LogP contribution in [0.15, 0.2) is 30.3 Å². The Balaban J connectivity index is 2.70. The third-order valence-corrected chi connectivity index (χ3v) is 3.06. The number of hydrogen-bond acceptors (Lipinski definition) is 3. The van der Waals surface area contributed by atoms with Crippen LogP contribution in [0.25, 0.3) is 10.8 Å². The molecule has 0 radical (unpaired) electrons. The predicted molar refractivity (Wildman–Crippen MR) is 73.1 cm³/mol. The number of benzene rings is 2. The quantitative estimate of drug-likeness (QED) is 0.679. The fraction of sp³-hybridized carbons (Fsp3) is 0.214. The summed E-state index contributed by atoms with van der Waals surface area (Å²) in [5.41, 5.74) is 5.91. The number of anilines is 2. The lowest BCUT2D eigenvalue weighted by Gasteiger charge is -2.17. The zero-order valence-electron chi connectivity index (χ0n) is 11.0. The van der Waals surface area contributed by atoms with E-state index in [0.717, 1.165) is 11.8 Å². The highest BCUT2D eigenvalue weighted by molar-refractivity contribution is 6.12. The zero-order valence-corrected chi connectivity index (χ0v) is 11.0. The van der Waals surface area contributed by atoms with Gasteiger partial charge in [-0.15, -0.1) is 0 Å². The van der Waals surface area contributed by atoms with Gasteiger partial charge in [0.15, 0.2) is 0 Å². The molecule has 2 aromatic rings. The molecule has 0 aliphatic heterocycles. The van der Waals surface area contributed by atoms with Gasteiger partial charge in [0, 0.05) is 30.6 Å². The van der Waals surface area contributed by atoms with Crippen LogP contribution in [0.5, 0.6) is 0 Å². The second-order valence-electron chi connectivity index (χ2n) is 4.62. The largest absolute Gasteiger partial charge is 0.454 e. The lowest BCUT2D eigenvalue weighted by Crippen LogP contribution is -2.23. The van der Waals surface area contributed by atoms with Gasteiger partial charge in [-0.2, -0.15) is 13.2 Å². The first kappa shape index (κ1) is 14.2. The van der Waals surface area contributed by atoms with Crippen molar-refractivity contribution in [2.45, 2.75) is 6.18 Å². The molecular formula is C14H13F3N2O. The van der Waals surface area contributed by atoms with E-state index in [-0.39, 0.29) is 5.69 Å². The van der Waals surface area contributed by atoms with E-state index in [0.29, 0.717) is 10.8 Å². The van der Waals surface area contributed by atoms with E-state index in [1.54, 1.807) is 12.1 Å². The van der Waals surface area contributed by atoms with E-state index in [1.165, 1.54) is 6.07 Å². The number of nitrogen functional groups attached to an aromatic ring is 1. The molecule has 2 N–H and O–H groups in total. The topological polar surface area (TPSA) is 46.3 Å². The van der Waals surface area contributed by atoms with Crippen molar-refractivity contribution >= 4 is 27.9 Å². The fourth-order valence-electron chi connectivity index (χ4n) is 2.11. The third kappa shape index (κ3) is 2.29. The molecule has 0 aliphatic rings. The molecule has 0 saturated carbocycles. The third-order valence-electron chi connectivity index (χ3n) is 3.06. The summed E-state index contributed by atoms with van der Waals surface area (Å²) in [5.74, 6) is -1.92. The first-order valence-corrected chi connectivity index (χ1v) is 5.83. The maximum Gasteiger partial charge on any atom is 0.454 e. The van der Waals surface area contributed by atoms with Gasteiger partial charge in [-0.3, -0.25) is 4.79 Å². The van der Waals surface area contributed by atoms with E-state index in [9.17, 15) is 18.0 Å². The Morgan fingerprint density at radius 1 is 1.10 bits per heavy atom. The lowest BCUT2D eigenvalue weighted by atomic mass is 10.00. The summed E-state index contributed by atoms with van der Waals surface area (Å²) in [4.78, 5) is 13.2. The summed E-state index contributed by atoms with van der Waals surface area (Å²) in [6.07, 6.45) is -4.93. The van der Waals surface area contributed by atoms with Gasteiger partial charge < -0.3 is 10.6 Å².